The smallest absolute Gasteiger partial charge is 0.0897 e. The van der Waals surface area contributed by atoms with Crippen LogP contribution in [0.25, 0.3) is 0 Å². The van der Waals surface area contributed by atoms with Crippen LogP contribution in [0.3, 0.4) is 0 Å². The molecule has 126 valence electrons. The van der Waals surface area contributed by atoms with Gasteiger partial charge < -0.3 is 24.8 Å². The summed E-state index contributed by atoms with van der Waals surface area (Å²) in [4.78, 5) is 2.31. The summed E-state index contributed by atoms with van der Waals surface area (Å²) in [6.07, 6.45) is 5.60. The Morgan fingerprint density at radius 1 is 1.19 bits per heavy atom. The second kappa shape index (κ2) is 10.5. The van der Waals surface area contributed by atoms with E-state index in [1.807, 2.05) is 0 Å². The average Bonchev–Trinajstić information content (AvgIpc) is 2.40. The maximum atomic E-state index is 9.87. The van der Waals surface area contributed by atoms with Crippen molar-refractivity contribution in [2.75, 3.05) is 53.6 Å². The minimum atomic E-state index is -0.445. The molecule has 0 bridgehead atoms. The number of nitrogens with zero attached hydrogens (tertiary/aromatic N) is 1. The molecular weight excluding hydrogens is 268 g/mol. The van der Waals surface area contributed by atoms with Crippen LogP contribution in [0.1, 0.15) is 39.0 Å². The second-order valence-electron chi connectivity index (χ2n) is 6.30. The van der Waals surface area contributed by atoms with Gasteiger partial charge in [-0.1, -0.05) is 13.3 Å². The van der Waals surface area contributed by atoms with E-state index in [9.17, 15) is 5.11 Å². The largest absolute Gasteiger partial charge is 0.389 e. The Bertz CT molecular complexity index is 258. The van der Waals surface area contributed by atoms with Gasteiger partial charge in [-0.05, 0) is 39.8 Å². The molecular formula is C16H34N2O3. The molecule has 5 nitrogen and oxygen atoms in total. The van der Waals surface area contributed by atoms with Crippen molar-refractivity contribution in [1.82, 2.24) is 10.2 Å². The van der Waals surface area contributed by atoms with E-state index >= 15 is 0 Å². The molecule has 0 aliphatic heterocycles. The summed E-state index contributed by atoms with van der Waals surface area (Å²) in [6, 6.07) is 0. The molecule has 0 aromatic carbocycles. The molecule has 0 spiro atoms. The van der Waals surface area contributed by atoms with E-state index in [0.29, 0.717) is 31.9 Å². The zero-order chi connectivity index (χ0) is 15.6. The van der Waals surface area contributed by atoms with E-state index in [1.165, 1.54) is 19.3 Å². The lowest BCUT2D eigenvalue weighted by atomic mass is 9.75. The monoisotopic (exact) mass is 302 g/mol. The summed E-state index contributed by atoms with van der Waals surface area (Å²) in [5, 5.41) is 13.2. The zero-order valence-electron chi connectivity index (χ0n) is 14.1. The summed E-state index contributed by atoms with van der Waals surface area (Å²) < 4.78 is 10.8. The van der Waals surface area contributed by atoms with Gasteiger partial charge in [0.25, 0.3) is 0 Å². The van der Waals surface area contributed by atoms with Crippen molar-refractivity contribution in [1.29, 1.82) is 0 Å². The minimum absolute atomic E-state index is 0.299. The number of nitrogens with one attached hydrogen (secondary N) is 1. The molecule has 0 heterocycles. The highest BCUT2D eigenvalue weighted by Crippen LogP contribution is 2.35. The van der Waals surface area contributed by atoms with Crippen molar-refractivity contribution in [2.45, 2.75) is 50.7 Å². The van der Waals surface area contributed by atoms with Crippen molar-refractivity contribution in [2.24, 2.45) is 0 Å². The number of hydrogen-bond donors (Lipinski definition) is 2. The summed E-state index contributed by atoms with van der Waals surface area (Å²) in [5.74, 6) is 0. The number of ether oxygens (including phenoxy) is 2. The van der Waals surface area contributed by atoms with Crippen LogP contribution in [0.15, 0.2) is 0 Å². The number of aliphatic hydroxyl groups is 1. The van der Waals surface area contributed by atoms with Gasteiger partial charge in [0.2, 0.25) is 0 Å². The molecule has 1 unspecified atom stereocenters. The lowest BCUT2D eigenvalue weighted by molar-refractivity contribution is 0.000783. The molecule has 0 aromatic rings. The Balaban J connectivity index is 1.95. The van der Waals surface area contributed by atoms with Gasteiger partial charge in [-0.2, -0.15) is 0 Å². The first-order valence-corrected chi connectivity index (χ1v) is 8.32. The van der Waals surface area contributed by atoms with Crippen LogP contribution >= 0.6 is 0 Å². The molecule has 1 atom stereocenters. The standard InChI is InChI=1S/C16H34N2O3/c1-4-5-9-20-10-11-21-13-15(19)12-17-14-16(18(2)3)7-6-8-16/h15,17,19H,4-14H2,1-3H3. The third kappa shape index (κ3) is 7.06. The zero-order valence-corrected chi connectivity index (χ0v) is 14.1. The Morgan fingerprint density at radius 2 is 1.90 bits per heavy atom. The van der Waals surface area contributed by atoms with Gasteiger partial charge in [-0.3, -0.25) is 0 Å². The molecule has 1 aliphatic carbocycles. The lowest BCUT2D eigenvalue weighted by Gasteiger charge is -2.47. The van der Waals surface area contributed by atoms with Crippen LogP contribution in [0.2, 0.25) is 0 Å². The van der Waals surface area contributed by atoms with E-state index in [4.69, 9.17) is 9.47 Å². The molecule has 2 N–H and O–H groups in total. The molecule has 21 heavy (non-hydrogen) atoms. The molecule has 0 saturated heterocycles. The van der Waals surface area contributed by atoms with Crippen molar-refractivity contribution >= 4 is 0 Å². The summed E-state index contributed by atoms with van der Waals surface area (Å²) in [7, 11) is 4.28. The molecule has 1 saturated carbocycles. The highest BCUT2D eigenvalue weighted by molar-refractivity contribution is 4.97. The van der Waals surface area contributed by atoms with Gasteiger partial charge in [0, 0.05) is 25.2 Å². The minimum Gasteiger partial charge on any atom is -0.389 e. The highest BCUT2D eigenvalue weighted by atomic mass is 16.5. The van der Waals surface area contributed by atoms with Crippen LogP contribution < -0.4 is 5.32 Å². The molecule has 0 aromatic heterocycles. The maximum Gasteiger partial charge on any atom is 0.0897 e. The normalized spacial score (nSPS) is 18.7. The molecule has 1 aliphatic rings. The fourth-order valence-electron chi connectivity index (χ4n) is 2.58. The Hall–Kier alpha value is -0.200. The molecule has 0 amide bonds. The number of unbranched alkanes of at least 4 members (excludes halogenated alkanes) is 1. The third-order valence-electron chi connectivity index (χ3n) is 4.39. The number of likely N-dealkylation sites (N-methyl/N-ethyl adjacent to an activating group) is 1. The van der Waals surface area contributed by atoms with Crippen molar-refractivity contribution in [3.05, 3.63) is 0 Å². The quantitative estimate of drug-likeness (QED) is 0.502. The fourth-order valence-corrected chi connectivity index (χ4v) is 2.58. The summed E-state index contributed by atoms with van der Waals surface area (Å²) >= 11 is 0. The average molecular weight is 302 g/mol. The van der Waals surface area contributed by atoms with E-state index in [1.54, 1.807) is 0 Å². The number of hydrogen-bond acceptors (Lipinski definition) is 5. The van der Waals surface area contributed by atoms with Crippen LogP contribution in [-0.4, -0.2) is 75.3 Å². The lowest BCUT2D eigenvalue weighted by Crippen LogP contribution is -2.57. The Morgan fingerprint density at radius 3 is 2.48 bits per heavy atom. The Kier molecular flexibility index (Phi) is 9.44. The van der Waals surface area contributed by atoms with Crippen LogP contribution in [-0.2, 0) is 9.47 Å². The van der Waals surface area contributed by atoms with Gasteiger partial charge in [0.15, 0.2) is 0 Å². The van der Waals surface area contributed by atoms with Gasteiger partial charge in [0.1, 0.15) is 0 Å². The van der Waals surface area contributed by atoms with Crippen molar-refractivity contribution in [3.8, 4) is 0 Å². The third-order valence-corrected chi connectivity index (χ3v) is 4.39. The second-order valence-corrected chi connectivity index (χ2v) is 6.30. The highest BCUT2D eigenvalue weighted by Gasteiger charge is 2.38. The van der Waals surface area contributed by atoms with Gasteiger partial charge in [-0.15, -0.1) is 0 Å². The fraction of sp³-hybridized carbons (Fsp3) is 1.00. The maximum absolute atomic E-state index is 9.87. The van der Waals surface area contributed by atoms with E-state index in [-0.39, 0.29) is 0 Å². The molecule has 1 fully saturated rings. The van der Waals surface area contributed by atoms with E-state index in [0.717, 1.165) is 26.0 Å². The van der Waals surface area contributed by atoms with Crippen molar-refractivity contribution < 1.29 is 14.6 Å². The molecule has 0 radical (unpaired) electrons. The predicted octanol–water partition coefficient (Wildman–Crippen LogP) is 1.25. The first-order chi connectivity index (χ1) is 10.1. The Labute approximate surface area is 130 Å². The van der Waals surface area contributed by atoms with Crippen molar-refractivity contribution in [3.63, 3.8) is 0 Å². The topological polar surface area (TPSA) is 54.0 Å². The molecule has 1 rings (SSSR count). The first-order valence-electron chi connectivity index (χ1n) is 8.32. The van der Waals surface area contributed by atoms with Gasteiger partial charge in [0.05, 0.1) is 25.9 Å². The first kappa shape index (κ1) is 18.8. The summed E-state index contributed by atoms with van der Waals surface area (Å²) in [6.45, 7) is 6.03. The number of aliphatic hydroxyl groups excluding tert-OH is 1. The van der Waals surface area contributed by atoms with E-state index < -0.39 is 6.10 Å². The van der Waals surface area contributed by atoms with Gasteiger partial charge >= 0.3 is 0 Å². The van der Waals surface area contributed by atoms with Crippen LogP contribution in [0.5, 0.6) is 0 Å². The van der Waals surface area contributed by atoms with Crippen LogP contribution in [0, 0.1) is 0 Å². The summed E-state index contributed by atoms with van der Waals surface area (Å²) in [5.41, 5.74) is 0.299. The van der Waals surface area contributed by atoms with Gasteiger partial charge in [-0.25, -0.2) is 0 Å². The molecule has 5 heteroatoms. The SMILES string of the molecule is CCCCOCCOCC(O)CNCC1(N(C)C)CCC1. The van der Waals surface area contributed by atoms with E-state index in [2.05, 4.69) is 31.2 Å². The predicted molar refractivity (Wildman–Crippen MR) is 85.7 cm³/mol. The van der Waals surface area contributed by atoms with Crippen LogP contribution in [0.4, 0.5) is 0 Å². The number of rotatable bonds is 13.